The van der Waals surface area contributed by atoms with Crippen LogP contribution >= 0.6 is 0 Å². The first-order chi connectivity index (χ1) is 9.42. The highest BCUT2D eigenvalue weighted by Gasteiger charge is 2.14. The minimum absolute atomic E-state index is 0.948. The Kier molecular flexibility index (Phi) is 1.47. The van der Waals surface area contributed by atoms with Crippen LogP contribution in [0.2, 0.25) is 0 Å². The molecule has 0 fully saturated rings. The lowest BCUT2D eigenvalue weighted by Crippen LogP contribution is -1.84. The number of aromatic nitrogens is 3. The van der Waals surface area contributed by atoms with E-state index in [1.807, 2.05) is 24.3 Å². The maximum absolute atomic E-state index is 4.78. The molecule has 0 N–H and O–H groups in total. The quantitative estimate of drug-likeness (QED) is 0.416. The van der Waals surface area contributed by atoms with Crippen LogP contribution in [0.5, 0.6) is 0 Å². The fourth-order valence-electron chi connectivity index (χ4n) is 2.89. The van der Waals surface area contributed by atoms with E-state index in [0.717, 1.165) is 33.1 Å². The molecule has 4 aromatic heterocycles. The van der Waals surface area contributed by atoms with Gasteiger partial charge in [-0.05, 0) is 36.4 Å². The molecule has 0 aliphatic carbocycles. The summed E-state index contributed by atoms with van der Waals surface area (Å²) < 4.78 is 2.23. The van der Waals surface area contributed by atoms with E-state index in [9.17, 15) is 0 Å². The van der Waals surface area contributed by atoms with E-state index in [0.29, 0.717) is 0 Å². The molecular weight excluding hydrogens is 234 g/mol. The molecule has 1 aromatic carbocycles. The molecule has 5 aromatic rings. The Morgan fingerprint density at radius 3 is 2.05 bits per heavy atom. The molecule has 0 amide bonds. The molecule has 0 aliphatic heterocycles. The number of rotatable bonds is 0. The van der Waals surface area contributed by atoms with E-state index >= 15 is 0 Å². The molecule has 88 valence electrons. The molecule has 5 rings (SSSR count). The summed E-state index contributed by atoms with van der Waals surface area (Å²) in [6, 6.07) is 18.5. The smallest absolute Gasteiger partial charge is 0.116 e. The summed E-state index contributed by atoms with van der Waals surface area (Å²) >= 11 is 0. The Labute approximate surface area is 108 Å². The van der Waals surface area contributed by atoms with Gasteiger partial charge in [0, 0.05) is 5.52 Å². The van der Waals surface area contributed by atoms with Crippen LogP contribution in [0.25, 0.3) is 38.6 Å². The van der Waals surface area contributed by atoms with Crippen molar-refractivity contribution in [3.63, 3.8) is 0 Å². The number of hydrogen-bond donors (Lipinski definition) is 0. The van der Waals surface area contributed by atoms with Gasteiger partial charge in [-0.25, -0.2) is 9.97 Å². The highest BCUT2D eigenvalue weighted by atomic mass is 15.0. The van der Waals surface area contributed by atoms with Crippen LogP contribution in [0.15, 0.2) is 54.6 Å². The molecule has 0 saturated heterocycles. The predicted octanol–water partition coefficient (Wildman–Crippen LogP) is 3.63. The Morgan fingerprint density at radius 1 is 0.632 bits per heavy atom. The van der Waals surface area contributed by atoms with Gasteiger partial charge in [-0.1, -0.05) is 18.2 Å². The van der Waals surface area contributed by atoms with E-state index in [1.165, 1.54) is 5.52 Å². The monoisotopic (exact) mass is 243 g/mol. The summed E-state index contributed by atoms with van der Waals surface area (Å²) in [6.07, 6.45) is 0. The Balaban J connectivity index is 2.18. The van der Waals surface area contributed by atoms with Gasteiger partial charge in [-0.15, -0.1) is 0 Å². The SMILES string of the molecule is c1ccc2nc3c(nc2c1)c1cccc2ccc3n21. The third-order valence-electron chi connectivity index (χ3n) is 3.73. The summed E-state index contributed by atoms with van der Waals surface area (Å²) in [7, 11) is 0. The summed E-state index contributed by atoms with van der Waals surface area (Å²) in [5, 5.41) is 0. The van der Waals surface area contributed by atoms with Crippen molar-refractivity contribution in [1.82, 2.24) is 14.4 Å². The molecule has 4 heterocycles. The number of pyridine rings is 1. The molecular formula is C16H9N3. The number of para-hydroxylation sites is 2. The van der Waals surface area contributed by atoms with Gasteiger partial charge >= 0.3 is 0 Å². The van der Waals surface area contributed by atoms with Crippen molar-refractivity contribution in [1.29, 1.82) is 0 Å². The van der Waals surface area contributed by atoms with Gasteiger partial charge in [0.25, 0.3) is 0 Å². The zero-order chi connectivity index (χ0) is 12.4. The minimum atomic E-state index is 0.948. The second kappa shape index (κ2) is 3.01. The second-order valence-corrected chi connectivity index (χ2v) is 4.80. The minimum Gasteiger partial charge on any atom is -0.306 e. The van der Waals surface area contributed by atoms with E-state index < -0.39 is 0 Å². The average Bonchev–Trinajstić information content (AvgIpc) is 3.02. The highest BCUT2D eigenvalue weighted by molar-refractivity contribution is 6.08. The third kappa shape index (κ3) is 1.03. The van der Waals surface area contributed by atoms with Crippen molar-refractivity contribution in [2.24, 2.45) is 0 Å². The standard InChI is InChI=1S/C16H9N3/c1-2-6-12-11(5-1)17-15-13-7-3-4-10-8-9-14(19(10)13)16(15)18-12/h1-9H. The molecule has 0 spiro atoms. The van der Waals surface area contributed by atoms with Crippen LogP contribution in [0.4, 0.5) is 0 Å². The highest BCUT2D eigenvalue weighted by Crippen LogP contribution is 2.30. The molecule has 3 nitrogen and oxygen atoms in total. The maximum atomic E-state index is 4.78. The predicted molar refractivity (Wildman–Crippen MR) is 76.7 cm³/mol. The summed E-state index contributed by atoms with van der Waals surface area (Å²) in [5.41, 5.74) is 7.33. The van der Waals surface area contributed by atoms with Crippen LogP contribution in [0, 0.1) is 0 Å². The van der Waals surface area contributed by atoms with Crippen molar-refractivity contribution in [2.75, 3.05) is 0 Å². The summed E-state index contributed by atoms with van der Waals surface area (Å²) in [4.78, 5) is 9.57. The molecule has 0 aliphatic rings. The fourth-order valence-corrected chi connectivity index (χ4v) is 2.89. The van der Waals surface area contributed by atoms with E-state index in [2.05, 4.69) is 34.7 Å². The van der Waals surface area contributed by atoms with Crippen LogP contribution in [0.3, 0.4) is 0 Å². The molecule has 0 unspecified atom stereocenters. The lowest BCUT2D eigenvalue weighted by Gasteiger charge is -1.97. The van der Waals surface area contributed by atoms with Crippen molar-refractivity contribution >= 4 is 38.6 Å². The first kappa shape index (κ1) is 9.28. The second-order valence-electron chi connectivity index (χ2n) is 4.80. The van der Waals surface area contributed by atoms with Gasteiger partial charge in [0.1, 0.15) is 11.0 Å². The topological polar surface area (TPSA) is 30.2 Å². The van der Waals surface area contributed by atoms with E-state index in [4.69, 9.17) is 9.97 Å². The lowest BCUT2D eigenvalue weighted by atomic mass is 10.2. The van der Waals surface area contributed by atoms with Crippen molar-refractivity contribution in [3.05, 3.63) is 54.6 Å². The Hall–Kier alpha value is -2.68. The summed E-state index contributed by atoms with van der Waals surface area (Å²) in [5.74, 6) is 0. The summed E-state index contributed by atoms with van der Waals surface area (Å²) in [6.45, 7) is 0. The Morgan fingerprint density at radius 2 is 1.32 bits per heavy atom. The first-order valence-electron chi connectivity index (χ1n) is 6.30. The van der Waals surface area contributed by atoms with Gasteiger partial charge in [-0.2, -0.15) is 0 Å². The maximum Gasteiger partial charge on any atom is 0.116 e. The van der Waals surface area contributed by atoms with Crippen LogP contribution in [0.1, 0.15) is 0 Å². The number of nitrogens with zero attached hydrogens (tertiary/aromatic N) is 3. The molecule has 0 bridgehead atoms. The van der Waals surface area contributed by atoms with Crippen molar-refractivity contribution < 1.29 is 0 Å². The fraction of sp³-hybridized carbons (Fsp3) is 0. The zero-order valence-corrected chi connectivity index (χ0v) is 10.0. The largest absolute Gasteiger partial charge is 0.306 e. The van der Waals surface area contributed by atoms with E-state index in [-0.39, 0.29) is 0 Å². The molecule has 0 saturated carbocycles. The number of benzene rings is 1. The van der Waals surface area contributed by atoms with Gasteiger partial charge in [0.15, 0.2) is 0 Å². The van der Waals surface area contributed by atoms with Crippen LogP contribution < -0.4 is 0 Å². The van der Waals surface area contributed by atoms with Crippen LogP contribution in [-0.4, -0.2) is 14.4 Å². The normalized spacial score (nSPS) is 12.2. The first-order valence-corrected chi connectivity index (χ1v) is 6.30. The van der Waals surface area contributed by atoms with Gasteiger partial charge < -0.3 is 4.40 Å². The molecule has 0 atom stereocenters. The molecule has 0 radical (unpaired) electrons. The average molecular weight is 243 g/mol. The van der Waals surface area contributed by atoms with Crippen molar-refractivity contribution in [3.8, 4) is 0 Å². The van der Waals surface area contributed by atoms with Crippen molar-refractivity contribution in [2.45, 2.75) is 0 Å². The van der Waals surface area contributed by atoms with Crippen LogP contribution in [-0.2, 0) is 0 Å². The lowest BCUT2D eigenvalue weighted by molar-refractivity contribution is 1.35. The zero-order valence-electron chi connectivity index (χ0n) is 10.0. The van der Waals surface area contributed by atoms with E-state index in [1.54, 1.807) is 0 Å². The van der Waals surface area contributed by atoms with Gasteiger partial charge in [0.2, 0.25) is 0 Å². The molecule has 3 heteroatoms. The number of hydrogen-bond acceptors (Lipinski definition) is 2. The molecule has 19 heavy (non-hydrogen) atoms. The van der Waals surface area contributed by atoms with Gasteiger partial charge in [-0.3, -0.25) is 0 Å². The number of fused-ring (bicyclic) bond motifs is 4. The van der Waals surface area contributed by atoms with Gasteiger partial charge in [0.05, 0.1) is 22.1 Å². The Bertz CT molecular complexity index is 1020. The third-order valence-corrected chi connectivity index (χ3v) is 3.73.